The molecule has 0 bridgehead atoms. The zero-order chi connectivity index (χ0) is 12.1. The van der Waals surface area contributed by atoms with Gasteiger partial charge in [-0.05, 0) is 42.0 Å². The number of hydrazine groups is 1. The number of nitrogens with one attached hydrogen (secondary N) is 1. The molecule has 0 fully saturated rings. The highest BCUT2D eigenvalue weighted by Crippen LogP contribution is 2.15. The Morgan fingerprint density at radius 3 is 2.53 bits per heavy atom. The summed E-state index contributed by atoms with van der Waals surface area (Å²) in [7, 11) is 0. The molecule has 17 heavy (non-hydrogen) atoms. The summed E-state index contributed by atoms with van der Waals surface area (Å²) in [6, 6.07) is 12.9. The smallest absolute Gasteiger partial charge is 0.0299 e. The molecule has 0 saturated heterocycles. The molecule has 0 aliphatic heterocycles. The van der Waals surface area contributed by atoms with Crippen molar-refractivity contribution in [3.05, 3.63) is 56.7 Å². The van der Waals surface area contributed by atoms with Crippen LogP contribution in [-0.2, 0) is 12.8 Å². The van der Waals surface area contributed by atoms with E-state index in [0.717, 1.165) is 17.3 Å². The van der Waals surface area contributed by atoms with Crippen LogP contribution in [0.3, 0.4) is 0 Å². The third kappa shape index (κ3) is 3.92. The maximum atomic E-state index is 5.61. The van der Waals surface area contributed by atoms with Crippen LogP contribution in [0, 0.1) is 0 Å². The lowest BCUT2D eigenvalue weighted by Gasteiger charge is -2.15. The van der Waals surface area contributed by atoms with Crippen molar-refractivity contribution >= 4 is 27.3 Å². The number of nitrogens with two attached hydrogens (primary N) is 1. The van der Waals surface area contributed by atoms with Gasteiger partial charge in [0.2, 0.25) is 0 Å². The SMILES string of the molecule is NNC(Cc1ccc(Br)cc1)Cc1cccs1. The van der Waals surface area contributed by atoms with Crippen LogP contribution in [-0.4, -0.2) is 6.04 Å². The van der Waals surface area contributed by atoms with Gasteiger partial charge in [0.05, 0.1) is 0 Å². The third-order valence-corrected chi connectivity index (χ3v) is 4.09. The van der Waals surface area contributed by atoms with Crippen molar-refractivity contribution in [3.8, 4) is 0 Å². The van der Waals surface area contributed by atoms with Crippen molar-refractivity contribution in [2.24, 2.45) is 5.84 Å². The van der Waals surface area contributed by atoms with Gasteiger partial charge in [0.25, 0.3) is 0 Å². The lowest BCUT2D eigenvalue weighted by molar-refractivity contribution is 0.525. The first-order valence-electron chi connectivity index (χ1n) is 5.51. The summed E-state index contributed by atoms with van der Waals surface area (Å²) in [5.74, 6) is 5.61. The number of halogens is 1. The molecule has 1 unspecified atom stereocenters. The second kappa shape index (κ2) is 6.31. The number of hydrogen-bond donors (Lipinski definition) is 2. The molecular formula is C13H15BrN2S. The number of benzene rings is 1. The number of thiophene rings is 1. The predicted molar refractivity (Wildman–Crippen MR) is 77.0 cm³/mol. The molecule has 2 nitrogen and oxygen atoms in total. The van der Waals surface area contributed by atoms with Crippen LogP contribution in [0.5, 0.6) is 0 Å². The van der Waals surface area contributed by atoms with Crippen LogP contribution in [0.1, 0.15) is 10.4 Å². The van der Waals surface area contributed by atoms with E-state index in [1.54, 1.807) is 11.3 Å². The van der Waals surface area contributed by atoms with Gasteiger partial charge in [-0.15, -0.1) is 11.3 Å². The Kier molecular flexibility index (Phi) is 4.74. The molecule has 1 atom stereocenters. The highest BCUT2D eigenvalue weighted by Gasteiger charge is 2.09. The van der Waals surface area contributed by atoms with Crippen LogP contribution in [0.15, 0.2) is 46.3 Å². The zero-order valence-electron chi connectivity index (χ0n) is 9.40. The Hall–Kier alpha value is -0.680. The monoisotopic (exact) mass is 310 g/mol. The first kappa shape index (κ1) is 12.8. The highest BCUT2D eigenvalue weighted by atomic mass is 79.9. The fourth-order valence-electron chi connectivity index (χ4n) is 1.77. The molecule has 1 heterocycles. The number of hydrogen-bond acceptors (Lipinski definition) is 3. The molecule has 0 saturated carbocycles. The molecule has 1 aromatic carbocycles. The second-order valence-electron chi connectivity index (χ2n) is 3.98. The van der Waals surface area contributed by atoms with Crippen LogP contribution >= 0.6 is 27.3 Å². The van der Waals surface area contributed by atoms with Crippen LogP contribution in [0.2, 0.25) is 0 Å². The van der Waals surface area contributed by atoms with E-state index in [4.69, 9.17) is 5.84 Å². The third-order valence-electron chi connectivity index (χ3n) is 2.66. The van der Waals surface area contributed by atoms with Gasteiger partial charge in [-0.25, -0.2) is 0 Å². The molecule has 2 aromatic rings. The molecular weight excluding hydrogens is 296 g/mol. The van der Waals surface area contributed by atoms with Gasteiger partial charge in [0.15, 0.2) is 0 Å². The molecule has 0 aliphatic rings. The molecule has 0 amide bonds. The Bertz CT molecular complexity index is 439. The Balaban J connectivity index is 1.97. The molecule has 3 N–H and O–H groups in total. The van der Waals surface area contributed by atoms with Crippen molar-refractivity contribution in [2.75, 3.05) is 0 Å². The number of rotatable bonds is 5. The summed E-state index contributed by atoms with van der Waals surface area (Å²) in [5, 5.41) is 2.10. The van der Waals surface area contributed by atoms with Crippen molar-refractivity contribution < 1.29 is 0 Å². The van der Waals surface area contributed by atoms with Crippen LogP contribution < -0.4 is 11.3 Å². The molecule has 2 rings (SSSR count). The van der Waals surface area contributed by atoms with E-state index in [2.05, 4.69) is 63.1 Å². The fraction of sp³-hybridized carbons (Fsp3) is 0.231. The summed E-state index contributed by atoms with van der Waals surface area (Å²) >= 11 is 5.22. The van der Waals surface area contributed by atoms with Crippen LogP contribution in [0.4, 0.5) is 0 Å². The maximum Gasteiger partial charge on any atom is 0.0299 e. The molecule has 0 aliphatic carbocycles. The molecule has 4 heteroatoms. The van der Waals surface area contributed by atoms with Gasteiger partial charge in [-0.1, -0.05) is 34.1 Å². The quantitative estimate of drug-likeness (QED) is 0.658. The van der Waals surface area contributed by atoms with E-state index in [-0.39, 0.29) is 6.04 Å². The van der Waals surface area contributed by atoms with Crippen molar-refractivity contribution in [1.29, 1.82) is 0 Å². The average Bonchev–Trinajstić information content (AvgIpc) is 2.84. The molecule has 0 radical (unpaired) electrons. The maximum absolute atomic E-state index is 5.61. The van der Waals surface area contributed by atoms with E-state index in [1.165, 1.54) is 10.4 Å². The van der Waals surface area contributed by atoms with E-state index < -0.39 is 0 Å². The minimum Gasteiger partial charge on any atom is -0.271 e. The Labute approximate surface area is 114 Å². The minimum atomic E-state index is 0.287. The van der Waals surface area contributed by atoms with Gasteiger partial charge in [-0.2, -0.15) is 0 Å². The normalized spacial score (nSPS) is 12.6. The van der Waals surface area contributed by atoms with Crippen molar-refractivity contribution in [2.45, 2.75) is 18.9 Å². The van der Waals surface area contributed by atoms with E-state index in [9.17, 15) is 0 Å². The summed E-state index contributed by atoms with van der Waals surface area (Å²) in [6.45, 7) is 0. The van der Waals surface area contributed by atoms with Crippen molar-refractivity contribution in [3.63, 3.8) is 0 Å². The predicted octanol–water partition coefficient (Wildman–Crippen LogP) is 3.13. The Morgan fingerprint density at radius 2 is 1.94 bits per heavy atom. The Morgan fingerprint density at radius 1 is 1.18 bits per heavy atom. The van der Waals surface area contributed by atoms with Crippen LogP contribution in [0.25, 0.3) is 0 Å². The minimum absolute atomic E-state index is 0.287. The summed E-state index contributed by atoms with van der Waals surface area (Å²) in [6.07, 6.45) is 1.92. The summed E-state index contributed by atoms with van der Waals surface area (Å²) in [4.78, 5) is 1.37. The van der Waals surface area contributed by atoms with Gasteiger partial charge >= 0.3 is 0 Å². The average molecular weight is 311 g/mol. The van der Waals surface area contributed by atoms with E-state index in [1.807, 2.05) is 0 Å². The van der Waals surface area contributed by atoms with Gasteiger partial charge in [0.1, 0.15) is 0 Å². The summed E-state index contributed by atoms with van der Waals surface area (Å²) in [5.41, 5.74) is 4.20. The van der Waals surface area contributed by atoms with Gasteiger partial charge < -0.3 is 0 Å². The molecule has 90 valence electrons. The van der Waals surface area contributed by atoms with Crippen molar-refractivity contribution in [1.82, 2.24) is 5.43 Å². The highest BCUT2D eigenvalue weighted by molar-refractivity contribution is 9.10. The fourth-order valence-corrected chi connectivity index (χ4v) is 2.82. The molecule has 1 aromatic heterocycles. The lowest BCUT2D eigenvalue weighted by atomic mass is 10.0. The van der Waals surface area contributed by atoms with E-state index >= 15 is 0 Å². The van der Waals surface area contributed by atoms with Gasteiger partial charge in [0, 0.05) is 15.4 Å². The second-order valence-corrected chi connectivity index (χ2v) is 5.93. The zero-order valence-corrected chi connectivity index (χ0v) is 11.8. The summed E-state index contributed by atoms with van der Waals surface area (Å²) < 4.78 is 1.11. The molecule has 0 spiro atoms. The van der Waals surface area contributed by atoms with Gasteiger partial charge in [-0.3, -0.25) is 11.3 Å². The van der Waals surface area contributed by atoms with E-state index in [0.29, 0.717) is 0 Å². The largest absolute Gasteiger partial charge is 0.271 e. The topological polar surface area (TPSA) is 38.0 Å². The first-order chi connectivity index (χ1) is 8.28. The standard InChI is InChI=1S/C13H15BrN2S/c14-11-5-3-10(4-6-11)8-12(16-15)9-13-2-1-7-17-13/h1-7,12,16H,8-9,15H2. The first-order valence-corrected chi connectivity index (χ1v) is 7.18. The lowest BCUT2D eigenvalue weighted by Crippen LogP contribution is -2.38.